The predicted octanol–water partition coefficient (Wildman–Crippen LogP) is 1.14. The van der Waals surface area contributed by atoms with Crippen LogP contribution in [0.2, 0.25) is 0 Å². The van der Waals surface area contributed by atoms with E-state index >= 15 is 0 Å². The Morgan fingerprint density at radius 1 is 1.54 bits per heavy atom. The molecule has 4 nitrogen and oxygen atoms in total. The van der Waals surface area contributed by atoms with Crippen LogP contribution in [0.15, 0.2) is 0 Å². The molecule has 0 fully saturated rings. The summed E-state index contributed by atoms with van der Waals surface area (Å²) in [6.07, 6.45) is 0.303. The lowest BCUT2D eigenvalue weighted by Crippen LogP contribution is -2.38. The van der Waals surface area contributed by atoms with Crippen molar-refractivity contribution in [1.29, 1.82) is 0 Å². The minimum atomic E-state index is -0.456. The fourth-order valence-corrected chi connectivity index (χ4v) is 1.09. The highest BCUT2D eigenvalue weighted by atomic mass is 16.5. The maximum Gasteiger partial charge on any atom is 0.407 e. The van der Waals surface area contributed by atoms with E-state index in [1.165, 1.54) is 0 Å². The van der Waals surface area contributed by atoms with Crippen LogP contribution in [-0.4, -0.2) is 30.5 Å². The minimum absolute atomic E-state index is 0.0446. The highest BCUT2D eigenvalue weighted by molar-refractivity contribution is 5.67. The van der Waals surface area contributed by atoms with Crippen molar-refractivity contribution in [1.82, 2.24) is 5.32 Å². The van der Waals surface area contributed by atoms with Gasteiger partial charge in [0.1, 0.15) is 0 Å². The lowest BCUT2D eigenvalue weighted by Gasteiger charge is -2.17. The Labute approximate surface area is 79.3 Å². The summed E-state index contributed by atoms with van der Waals surface area (Å²) in [7, 11) is 0. The molecule has 0 aliphatic carbocycles. The van der Waals surface area contributed by atoms with Gasteiger partial charge in [-0.2, -0.15) is 0 Å². The number of alkyl carbamates (subject to hydrolysis) is 1. The summed E-state index contributed by atoms with van der Waals surface area (Å²) in [6.45, 7) is 6.13. The molecular formula is C9H19NO3. The van der Waals surface area contributed by atoms with Gasteiger partial charge in [0, 0.05) is 0 Å². The molecule has 0 bridgehead atoms. The molecule has 0 aliphatic rings. The van der Waals surface area contributed by atoms with Crippen LogP contribution in [-0.2, 0) is 4.74 Å². The number of carbonyl (C=O) groups excluding carboxylic acids is 1. The molecule has 0 spiro atoms. The predicted molar refractivity (Wildman–Crippen MR) is 50.5 cm³/mol. The first-order valence-corrected chi connectivity index (χ1v) is 4.64. The highest BCUT2D eigenvalue weighted by Gasteiger charge is 2.12. The molecule has 0 radical (unpaired) electrons. The molecule has 0 aromatic carbocycles. The number of hydrogen-bond acceptors (Lipinski definition) is 3. The van der Waals surface area contributed by atoms with Gasteiger partial charge in [0.25, 0.3) is 0 Å². The standard InChI is InChI=1S/C9H19NO3/c1-4-13-9(12)10-8(6-11)5-7(2)3/h7-8,11H,4-6H2,1-3H3,(H,10,12). The molecule has 1 amide bonds. The first-order valence-electron chi connectivity index (χ1n) is 4.64. The van der Waals surface area contributed by atoms with Gasteiger partial charge in [0.2, 0.25) is 0 Å². The number of hydrogen-bond donors (Lipinski definition) is 2. The Bertz CT molecular complexity index is 148. The van der Waals surface area contributed by atoms with Gasteiger partial charge in [0.05, 0.1) is 19.3 Å². The van der Waals surface area contributed by atoms with Crippen molar-refractivity contribution in [2.24, 2.45) is 5.92 Å². The van der Waals surface area contributed by atoms with E-state index in [2.05, 4.69) is 5.32 Å². The molecule has 13 heavy (non-hydrogen) atoms. The van der Waals surface area contributed by atoms with Gasteiger partial charge in [0.15, 0.2) is 0 Å². The van der Waals surface area contributed by atoms with Crippen molar-refractivity contribution < 1.29 is 14.6 Å². The van der Waals surface area contributed by atoms with Crippen LogP contribution in [0.1, 0.15) is 27.2 Å². The topological polar surface area (TPSA) is 58.6 Å². The molecule has 0 rings (SSSR count). The van der Waals surface area contributed by atoms with Crippen LogP contribution in [0.3, 0.4) is 0 Å². The number of aliphatic hydroxyl groups excluding tert-OH is 1. The second-order valence-corrected chi connectivity index (χ2v) is 3.37. The summed E-state index contributed by atoms with van der Waals surface area (Å²) in [6, 6.07) is -0.195. The zero-order chi connectivity index (χ0) is 10.3. The van der Waals surface area contributed by atoms with E-state index in [9.17, 15) is 4.79 Å². The highest BCUT2D eigenvalue weighted by Crippen LogP contribution is 2.03. The van der Waals surface area contributed by atoms with E-state index in [1.54, 1.807) is 6.92 Å². The Hall–Kier alpha value is -0.770. The number of aliphatic hydroxyl groups is 1. The third-order valence-corrected chi connectivity index (χ3v) is 1.57. The second-order valence-electron chi connectivity index (χ2n) is 3.37. The van der Waals surface area contributed by atoms with Gasteiger partial charge >= 0.3 is 6.09 Å². The Kier molecular flexibility index (Phi) is 6.32. The molecular weight excluding hydrogens is 170 g/mol. The van der Waals surface area contributed by atoms with Crippen molar-refractivity contribution in [2.45, 2.75) is 33.2 Å². The average Bonchev–Trinajstić information content (AvgIpc) is 2.02. The summed E-state index contributed by atoms with van der Waals surface area (Å²) in [5.74, 6) is 0.444. The largest absolute Gasteiger partial charge is 0.450 e. The molecule has 78 valence electrons. The Morgan fingerprint density at radius 2 is 2.15 bits per heavy atom. The van der Waals surface area contributed by atoms with Crippen LogP contribution in [0.25, 0.3) is 0 Å². The number of carbonyl (C=O) groups is 1. The molecule has 0 aliphatic heterocycles. The molecule has 0 saturated heterocycles. The van der Waals surface area contributed by atoms with E-state index in [1.807, 2.05) is 13.8 Å². The average molecular weight is 189 g/mol. The minimum Gasteiger partial charge on any atom is -0.450 e. The van der Waals surface area contributed by atoms with E-state index in [0.717, 1.165) is 6.42 Å². The first-order chi connectivity index (χ1) is 6.10. The molecule has 1 atom stereocenters. The molecule has 0 aromatic heterocycles. The van der Waals surface area contributed by atoms with Gasteiger partial charge in [-0.05, 0) is 19.3 Å². The van der Waals surface area contributed by atoms with Crippen LogP contribution in [0, 0.1) is 5.92 Å². The smallest absolute Gasteiger partial charge is 0.407 e. The normalized spacial score (nSPS) is 12.7. The van der Waals surface area contributed by atoms with E-state index < -0.39 is 6.09 Å². The summed E-state index contributed by atoms with van der Waals surface area (Å²) < 4.78 is 4.69. The SMILES string of the molecule is CCOC(=O)NC(CO)CC(C)C. The summed E-state index contributed by atoms with van der Waals surface area (Å²) >= 11 is 0. The zero-order valence-corrected chi connectivity index (χ0v) is 8.54. The molecule has 0 aromatic rings. The van der Waals surface area contributed by atoms with Crippen molar-refractivity contribution in [2.75, 3.05) is 13.2 Å². The molecule has 0 saturated carbocycles. The van der Waals surface area contributed by atoms with Crippen LogP contribution in [0.5, 0.6) is 0 Å². The fraction of sp³-hybridized carbons (Fsp3) is 0.889. The second kappa shape index (κ2) is 6.71. The lowest BCUT2D eigenvalue weighted by atomic mass is 10.0. The van der Waals surface area contributed by atoms with Crippen LogP contribution in [0.4, 0.5) is 4.79 Å². The zero-order valence-electron chi connectivity index (χ0n) is 8.54. The molecule has 0 heterocycles. The summed E-state index contributed by atoms with van der Waals surface area (Å²) in [5.41, 5.74) is 0. The fourth-order valence-electron chi connectivity index (χ4n) is 1.09. The van der Waals surface area contributed by atoms with Gasteiger partial charge in [-0.25, -0.2) is 4.79 Å². The number of amides is 1. The van der Waals surface area contributed by atoms with Crippen molar-refractivity contribution in [3.63, 3.8) is 0 Å². The Morgan fingerprint density at radius 3 is 2.54 bits per heavy atom. The molecule has 1 unspecified atom stereocenters. The van der Waals surface area contributed by atoms with Crippen molar-refractivity contribution in [3.05, 3.63) is 0 Å². The van der Waals surface area contributed by atoms with Gasteiger partial charge < -0.3 is 15.2 Å². The van der Waals surface area contributed by atoms with Crippen molar-refractivity contribution >= 4 is 6.09 Å². The van der Waals surface area contributed by atoms with Gasteiger partial charge in [-0.15, -0.1) is 0 Å². The monoisotopic (exact) mass is 189 g/mol. The summed E-state index contributed by atoms with van der Waals surface area (Å²) in [4.78, 5) is 10.9. The van der Waals surface area contributed by atoms with E-state index in [-0.39, 0.29) is 12.6 Å². The third kappa shape index (κ3) is 6.40. The number of rotatable bonds is 5. The van der Waals surface area contributed by atoms with Gasteiger partial charge in [-0.3, -0.25) is 0 Å². The van der Waals surface area contributed by atoms with Crippen LogP contribution >= 0.6 is 0 Å². The molecule has 2 N–H and O–H groups in total. The van der Waals surface area contributed by atoms with Gasteiger partial charge in [-0.1, -0.05) is 13.8 Å². The number of nitrogens with one attached hydrogen (secondary N) is 1. The maximum atomic E-state index is 10.9. The van der Waals surface area contributed by atoms with E-state index in [4.69, 9.17) is 9.84 Å². The quantitative estimate of drug-likeness (QED) is 0.681. The molecule has 4 heteroatoms. The number of ether oxygens (including phenoxy) is 1. The maximum absolute atomic E-state index is 10.9. The Balaban J connectivity index is 3.76. The lowest BCUT2D eigenvalue weighted by molar-refractivity contribution is 0.137. The van der Waals surface area contributed by atoms with Crippen molar-refractivity contribution in [3.8, 4) is 0 Å². The van der Waals surface area contributed by atoms with Crippen LogP contribution < -0.4 is 5.32 Å². The summed E-state index contributed by atoms with van der Waals surface area (Å²) in [5, 5.41) is 11.5. The third-order valence-electron chi connectivity index (χ3n) is 1.57. The first kappa shape index (κ1) is 12.2. The van der Waals surface area contributed by atoms with E-state index in [0.29, 0.717) is 12.5 Å².